The van der Waals surface area contributed by atoms with E-state index in [1.54, 1.807) is 0 Å². The highest BCUT2D eigenvalue weighted by Crippen LogP contribution is 2.09. The summed E-state index contributed by atoms with van der Waals surface area (Å²) in [6.07, 6.45) is 7.04. The lowest BCUT2D eigenvalue weighted by Crippen LogP contribution is -2.25. The van der Waals surface area contributed by atoms with Crippen LogP contribution in [0.3, 0.4) is 0 Å². The Morgan fingerprint density at radius 2 is 1.21 bits per heavy atom. The minimum absolute atomic E-state index is 1.19. The van der Waals surface area contributed by atoms with E-state index in [1.807, 2.05) is 0 Å². The molecule has 0 heterocycles. The average Bonchev–Trinajstić information content (AvgIpc) is 2.26. The average molecular weight is 180 g/mol. The summed E-state index contributed by atoms with van der Waals surface area (Å²) in [5, 5.41) is 5.49. The van der Waals surface area contributed by atoms with Gasteiger partial charge in [0.2, 0.25) is 0 Å². The van der Waals surface area contributed by atoms with Gasteiger partial charge in [0.25, 0.3) is 0 Å². The van der Waals surface area contributed by atoms with E-state index in [-0.39, 0.29) is 0 Å². The summed E-state index contributed by atoms with van der Waals surface area (Å²) in [7, 11) is 0. The quantitative estimate of drug-likeness (QED) is 0.583. The molecule has 0 bridgehead atoms. The van der Waals surface area contributed by atoms with E-state index in [1.165, 1.54) is 34.1 Å². The molecule has 68 valence electrons. The van der Waals surface area contributed by atoms with Gasteiger partial charge >= 0.3 is 0 Å². The van der Waals surface area contributed by atoms with Gasteiger partial charge in [-0.25, -0.2) is 0 Å². The lowest BCUT2D eigenvalue weighted by Gasteiger charge is -2.02. The van der Waals surface area contributed by atoms with E-state index in [2.05, 4.69) is 48.6 Å². The molecule has 0 saturated carbocycles. The Morgan fingerprint density at radius 1 is 0.714 bits per heavy atom. The summed E-state index contributed by atoms with van der Waals surface area (Å²) < 4.78 is 0. The van der Waals surface area contributed by atoms with Crippen LogP contribution in [0.5, 0.6) is 0 Å². The van der Waals surface area contributed by atoms with Crippen molar-refractivity contribution in [1.29, 1.82) is 0 Å². The zero-order valence-corrected chi connectivity index (χ0v) is 8.03. The highest BCUT2D eigenvalue weighted by Gasteiger charge is 1.96. The first-order chi connectivity index (χ1) is 6.93. The number of hydrogen-bond donors (Lipinski definition) is 0. The van der Waals surface area contributed by atoms with E-state index >= 15 is 0 Å². The van der Waals surface area contributed by atoms with Gasteiger partial charge in [-0.1, -0.05) is 36.4 Å². The molecule has 0 spiro atoms. The van der Waals surface area contributed by atoms with Crippen molar-refractivity contribution in [2.75, 3.05) is 0 Å². The van der Waals surface area contributed by atoms with Gasteiger partial charge in [-0.05, 0) is 46.2 Å². The second-order valence-electron chi connectivity index (χ2n) is 3.81. The van der Waals surface area contributed by atoms with Crippen LogP contribution in [0.25, 0.3) is 22.9 Å². The fourth-order valence-electron chi connectivity index (χ4n) is 2.11. The topological polar surface area (TPSA) is 0 Å². The Hall–Kier alpha value is -1.56. The normalized spacial score (nSPS) is 14.3. The summed E-state index contributed by atoms with van der Waals surface area (Å²) >= 11 is 0. The zero-order valence-electron chi connectivity index (χ0n) is 8.03. The van der Waals surface area contributed by atoms with Crippen LogP contribution in [-0.2, 0) is 0 Å². The van der Waals surface area contributed by atoms with Crippen molar-refractivity contribution >= 4 is 22.9 Å². The lowest BCUT2D eigenvalue weighted by atomic mass is 10.0. The molecule has 1 aliphatic carbocycles. The van der Waals surface area contributed by atoms with Gasteiger partial charge < -0.3 is 0 Å². The zero-order chi connectivity index (χ0) is 9.38. The van der Waals surface area contributed by atoms with Crippen molar-refractivity contribution in [3.8, 4) is 0 Å². The molecule has 0 radical (unpaired) electrons. The molecule has 2 aromatic rings. The van der Waals surface area contributed by atoms with Crippen LogP contribution >= 0.6 is 0 Å². The minimum atomic E-state index is 1.19. The Labute approximate surface area is 83.2 Å². The van der Waals surface area contributed by atoms with Crippen LogP contribution in [-0.4, -0.2) is 0 Å². The molecule has 0 heteroatoms. The largest absolute Gasteiger partial charge is 0.0763 e. The van der Waals surface area contributed by atoms with E-state index in [4.69, 9.17) is 0 Å². The van der Waals surface area contributed by atoms with Crippen LogP contribution in [0.1, 0.15) is 12.8 Å². The molecule has 1 aliphatic rings. The lowest BCUT2D eigenvalue weighted by molar-refractivity contribution is 1.12. The fourth-order valence-corrected chi connectivity index (χ4v) is 2.11. The first kappa shape index (κ1) is 7.81. The van der Waals surface area contributed by atoms with E-state index in [0.29, 0.717) is 0 Å². The Kier molecular flexibility index (Phi) is 1.66. The van der Waals surface area contributed by atoms with Gasteiger partial charge in [0, 0.05) is 0 Å². The van der Waals surface area contributed by atoms with Crippen LogP contribution in [0.4, 0.5) is 0 Å². The molecule has 0 atom stereocenters. The van der Waals surface area contributed by atoms with Gasteiger partial charge in [-0.3, -0.25) is 0 Å². The molecule has 0 fully saturated rings. The van der Waals surface area contributed by atoms with Gasteiger partial charge in [-0.15, -0.1) is 0 Å². The first-order valence-electron chi connectivity index (χ1n) is 5.13. The predicted molar refractivity (Wildman–Crippen MR) is 61.4 cm³/mol. The van der Waals surface area contributed by atoms with Gasteiger partial charge in [0.1, 0.15) is 0 Å². The van der Waals surface area contributed by atoms with Crippen molar-refractivity contribution in [3.63, 3.8) is 0 Å². The molecule has 0 nitrogen and oxygen atoms in total. The monoisotopic (exact) mass is 180 g/mol. The maximum atomic E-state index is 2.34. The highest BCUT2D eigenvalue weighted by molar-refractivity contribution is 5.82. The highest BCUT2D eigenvalue weighted by atomic mass is 14.0. The van der Waals surface area contributed by atoms with Crippen molar-refractivity contribution in [2.45, 2.75) is 12.8 Å². The Morgan fingerprint density at radius 3 is 1.71 bits per heavy atom. The molecule has 2 aromatic carbocycles. The molecule has 0 unspecified atom stereocenters. The van der Waals surface area contributed by atoms with E-state index in [0.717, 1.165) is 0 Å². The SMILES string of the molecule is C1=c2cc3ccccc3cc2=CCC1. The molecule has 0 amide bonds. The minimum Gasteiger partial charge on any atom is -0.0763 e. The van der Waals surface area contributed by atoms with Crippen LogP contribution in [0.15, 0.2) is 36.4 Å². The van der Waals surface area contributed by atoms with Gasteiger partial charge in [-0.2, -0.15) is 0 Å². The number of hydrogen-bond acceptors (Lipinski definition) is 0. The number of rotatable bonds is 0. The summed E-state index contributed by atoms with van der Waals surface area (Å²) in [4.78, 5) is 0. The first-order valence-corrected chi connectivity index (χ1v) is 5.13. The third-order valence-electron chi connectivity index (χ3n) is 2.85. The molecule has 14 heavy (non-hydrogen) atoms. The van der Waals surface area contributed by atoms with E-state index < -0.39 is 0 Å². The van der Waals surface area contributed by atoms with Crippen LogP contribution < -0.4 is 10.4 Å². The molecule has 0 N–H and O–H groups in total. The van der Waals surface area contributed by atoms with Crippen LogP contribution in [0, 0.1) is 0 Å². The molecule has 3 rings (SSSR count). The third kappa shape index (κ3) is 1.15. The van der Waals surface area contributed by atoms with Crippen molar-refractivity contribution in [2.24, 2.45) is 0 Å². The van der Waals surface area contributed by atoms with Crippen molar-refractivity contribution in [3.05, 3.63) is 46.8 Å². The maximum Gasteiger partial charge on any atom is -0.0178 e. The second-order valence-corrected chi connectivity index (χ2v) is 3.81. The summed E-state index contributed by atoms with van der Waals surface area (Å²) in [5.41, 5.74) is 0. The fraction of sp³-hybridized carbons (Fsp3) is 0.143. The maximum absolute atomic E-state index is 2.34. The van der Waals surface area contributed by atoms with E-state index in [9.17, 15) is 0 Å². The van der Waals surface area contributed by atoms with Crippen LogP contribution in [0.2, 0.25) is 0 Å². The summed E-state index contributed by atoms with van der Waals surface area (Å²) in [6, 6.07) is 13.1. The smallest absolute Gasteiger partial charge is 0.0178 e. The Balaban J connectivity index is 2.51. The number of fused-ring (bicyclic) bond motifs is 2. The third-order valence-corrected chi connectivity index (χ3v) is 2.85. The molecule has 0 saturated heterocycles. The summed E-state index contributed by atoms with van der Waals surface area (Å²) in [6.45, 7) is 0. The van der Waals surface area contributed by atoms with Crippen molar-refractivity contribution < 1.29 is 0 Å². The van der Waals surface area contributed by atoms with Gasteiger partial charge in [0.05, 0.1) is 0 Å². The molecule has 0 aromatic heterocycles. The predicted octanol–water partition coefficient (Wildman–Crippen LogP) is 2.19. The second kappa shape index (κ2) is 2.98. The number of benzene rings is 2. The molecular formula is C14H12. The Bertz CT molecular complexity index is 536. The standard InChI is InChI=1S/C14H12/c1-2-6-12-10-14-8-4-3-7-13(14)9-11(12)5-1/h1-2,5-10H,3-4H2. The molecule has 0 aliphatic heterocycles. The molecular weight excluding hydrogens is 168 g/mol. The van der Waals surface area contributed by atoms with Crippen molar-refractivity contribution in [1.82, 2.24) is 0 Å². The summed E-state index contributed by atoms with van der Waals surface area (Å²) in [5.74, 6) is 0. The van der Waals surface area contributed by atoms with Gasteiger partial charge in [0.15, 0.2) is 0 Å².